The van der Waals surface area contributed by atoms with E-state index in [1.54, 1.807) is 0 Å². The zero-order valence-electron chi connectivity index (χ0n) is 11.9. The summed E-state index contributed by atoms with van der Waals surface area (Å²) in [5.74, 6) is -0.148. The molecule has 0 atom stereocenters. The molecule has 1 aromatic heterocycles. The van der Waals surface area contributed by atoms with Crippen LogP contribution < -0.4 is 5.32 Å². The Kier molecular flexibility index (Phi) is 6.07. The molecule has 19 heavy (non-hydrogen) atoms. The van der Waals surface area contributed by atoms with Gasteiger partial charge >= 0.3 is 5.97 Å². The molecular formula is C13H21ClN2O2S. The molecule has 1 aromatic rings. The third-order valence-electron chi connectivity index (χ3n) is 2.21. The van der Waals surface area contributed by atoms with Gasteiger partial charge in [0.25, 0.3) is 0 Å². The van der Waals surface area contributed by atoms with Gasteiger partial charge in [0.15, 0.2) is 5.13 Å². The van der Waals surface area contributed by atoms with Crippen molar-refractivity contribution in [2.75, 3.05) is 11.9 Å². The van der Waals surface area contributed by atoms with E-state index >= 15 is 0 Å². The van der Waals surface area contributed by atoms with Crippen LogP contribution in [0.4, 0.5) is 5.13 Å². The summed E-state index contributed by atoms with van der Waals surface area (Å²) in [6.45, 7) is 8.49. The molecule has 0 aliphatic carbocycles. The van der Waals surface area contributed by atoms with E-state index in [0.29, 0.717) is 10.6 Å². The lowest BCUT2D eigenvalue weighted by atomic mass is 10.2. The van der Waals surface area contributed by atoms with Gasteiger partial charge in [-0.2, -0.15) is 0 Å². The van der Waals surface area contributed by atoms with Crippen molar-refractivity contribution >= 4 is 34.0 Å². The second-order valence-corrected chi connectivity index (χ2v) is 6.48. The molecule has 0 aromatic carbocycles. The van der Waals surface area contributed by atoms with Crippen LogP contribution in [0.2, 0.25) is 0 Å². The van der Waals surface area contributed by atoms with Crippen LogP contribution in [-0.4, -0.2) is 23.1 Å². The van der Waals surface area contributed by atoms with E-state index in [4.69, 9.17) is 16.3 Å². The number of alkyl halides is 1. The first kappa shape index (κ1) is 16.2. The number of halogens is 1. The quantitative estimate of drug-likeness (QED) is 0.489. The van der Waals surface area contributed by atoms with E-state index in [1.807, 2.05) is 20.8 Å². The highest BCUT2D eigenvalue weighted by Crippen LogP contribution is 2.26. The van der Waals surface area contributed by atoms with Gasteiger partial charge in [-0.3, -0.25) is 0 Å². The van der Waals surface area contributed by atoms with Crippen molar-refractivity contribution in [3.8, 4) is 0 Å². The third-order valence-corrected chi connectivity index (χ3v) is 3.50. The summed E-state index contributed by atoms with van der Waals surface area (Å²) in [5, 5.41) is 3.93. The molecular weight excluding hydrogens is 284 g/mol. The van der Waals surface area contributed by atoms with Crippen molar-refractivity contribution in [2.24, 2.45) is 0 Å². The van der Waals surface area contributed by atoms with E-state index in [-0.39, 0.29) is 11.8 Å². The normalized spacial score (nSPS) is 11.4. The topological polar surface area (TPSA) is 51.2 Å². The molecule has 0 fully saturated rings. The Labute approximate surface area is 123 Å². The number of carbonyl (C=O) groups excluding carboxylic acids is 1. The highest BCUT2D eigenvalue weighted by molar-refractivity contribution is 7.17. The first-order chi connectivity index (χ1) is 8.87. The van der Waals surface area contributed by atoms with Gasteiger partial charge in [-0.15, -0.1) is 11.6 Å². The maximum Gasteiger partial charge on any atom is 0.350 e. The van der Waals surface area contributed by atoms with Gasteiger partial charge in [0.2, 0.25) is 0 Å². The second-order valence-electron chi connectivity index (χ2n) is 5.21. The summed E-state index contributed by atoms with van der Waals surface area (Å²) in [6, 6.07) is 0. The molecule has 0 aliphatic heterocycles. The molecule has 1 rings (SSSR count). The van der Waals surface area contributed by atoms with Crippen LogP contribution in [0, 0.1) is 0 Å². The number of carbonyl (C=O) groups is 1. The van der Waals surface area contributed by atoms with E-state index in [1.165, 1.54) is 11.3 Å². The zero-order chi connectivity index (χ0) is 14.5. The first-order valence-electron chi connectivity index (χ1n) is 6.40. The average molecular weight is 305 g/mol. The molecule has 1 heterocycles. The molecule has 0 aliphatic rings. The Bertz CT molecular complexity index is 427. The third kappa shape index (κ3) is 5.37. The van der Waals surface area contributed by atoms with E-state index < -0.39 is 5.60 Å². The lowest BCUT2D eigenvalue weighted by Gasteiger charge is -2.18. The molecule has 4 nitrogen and oxygen atoms in total. The lowest BCUT2D eigenvalue weighted by molar-refractivity contribution is 0.00741. The Hall–Kier alpha value is -0.810. The number of hydrogen-bond acceptors (Lipinski definition) is 5. The van der Waals surface area contributed by atoms with Crippen molar-refractivity contribution in [3.05, 3.63) is 10.6 Å². The zero-order valence-corrected chi connectivity index (χ0v) is 13.5. The standard InChI is InChI=1S/C13H21ClN2O2S/c1-5-6-7-15-12-16-9(8-14)10(19-12)11(17)18-13(2,3)4/h5-8H2,1-4H3,(H,15,16). The van der Waals surface area contributed by atoms with Crippen molar-refractivity contribution in [1.29, 1.82) is 0 Å². The van der Waals surface area contributed by atoms with Gasteiger partial charge in [-0.1, -0.05) is 24.7 Å². The summed E-state index contributed by atoms with van der Waals surface area (Å²) in [6.07, 6.45) is 2.18. The number of esters is 1. The van der Waals surface area contributed by atoms with Crippen molar-refractivity contribution in [3.63, 3.8) is 0 Å². The van der Waals surface area contributed by atoms with Crippen LogP contribution in [0.25, 0.3) is 0 Å². The molecule has 0 saturated carbocycles. The number of anilines is 1. The number of rotatable bonds is 6. The van der Waals surface area contributed by atoms with Gasteiger partial charge < -0.3 is 10.1 Å². The highest BCUT2D eigenvalue weighted by Gasteiger charge is 2.23. The summed E-state index contributed by atoms with van der Waals surface area (Å²) in [7, 11) is 0. The molecule has 0 saturated heterocycles. The number of nitrogens with zero attached hydrogens (tertiary/aromatic N) is 1. The Morgan fingerprint density at radius 3 is 2.68 bits per heavy atom. The summed E-state index contributed by atoms with van der Waals surface area (Å²) in [5.41, 5.74) is 0.0698. The predicted octanol–water partition coefficient (Wildman–Crippen LogP) is 4.05. The van der Waals surface area contributed by atoms with Crippen LogP contribution in [0.15, 0.2) is 0 Å². The summed E-state index contributed by atoms with van der Waals surface area (Å²) < 4.78 is 5.35. The number of hydrogen-bond donors (Lipinski definition) is 1. The van der Waals surface area contributed by atoms with Gasteiger partial charge in [0.1, 0.15) is 10.5 Å². The monoisotopic (exact) mass is 304 g/mol. The average Bonchev–Trinajstić information content (AvgIpc) is 2.70. The fourth-order valence-corrected chi connectivity index (χ4v) is 2.53. The minimum absolute atomic E-state index is 0.209. The Morgan fingerprint density at radius 2 is 2.16 bits per heavy atom. The molecule has 0 amide bonds. The second kappa shape index (κ2) is 7.10. The van der Waals surface area contributed by atoms with E-state index in [0.717, 1.165) is 24.5 Å². The molecule has 0 bridgehead atoms. The van der Waals surface area contributed by atoms with E-state index in [2.05, 4.69) is 17.2 Å². The lowest BCUT2D eigenvalue weighted by Crippen LogP contribution is -2.23. The summed E-state index contributed by atoms with van der Waals surface area (Å²) >= 11 is 7.13. The first-order valence-corrected chi connectivity index (χ1v) is 7.75. The number of ether oxygens (including phenoxy) is 1. The minimum atomic E-state index is -0.513. The van der Waals surface area contributed by atoms with E-state index in [9.17, 15) is 4.79 Å². The molecule has 0 spiro atoms. The molecule has 108 valence electrons. The fourth-order valence-electron chi connectivity index (χ4n) is 1.37. The smallest absolute Gasteiger partial charge is 0.350 e. The molecule has 0 unspecified atom stereocenters. The molecule has 6 heteroatoms. The van der Waals surface area contributed by atoms with Gasteiger partial charge in [-0.05, 0) is 27.2 Å². The highest BCUT2D eigenvalue weighted by atomic mass is 35.5. The van der Waals surface area contributed by atoms with Crippen LogP contribution in [0.3, 0.4) is 0 Å². The van der Waals surface area contributed by atoms with Crippen molar-refractivity contribution in [1.82, 2.24) is 4.98 Å². The number of aromatic nitrogens is 1. The molecule has 0 radical (unpaired) electrons. The van der Waals surface area contributed by atoms with Crippen LogP contribution >= 0.6 is 22.9 Å². The fraction of sp³-hybridized carbons (Fsp3) is 0.692. The van der Waals surface area contributed by atoms with Crippen LogP contribution in [0.1, 0.15) is 55.9 Å². The van der Waals surface area contributed by atoms with Gasteiger partial charge in [-0.25, -0.2) is 9.78 Å². The maximum atomic E-state index is 12.0. The number of unbranched alkanes of at least 4 members (excludes halogenated alkanes) is 1. The predicted molar refractivity (Wildman–Crippen MR) is 80.2 cm³/mol. The van der Waals surface area contributed by atoms with Gasteiger partial charge in [0, 0.05) is 6.54 Å². The Morgan fingerprint density at radius 1 is 1.47 bits per heavy atom. The largest absolute Gasteiger partial charge is 0.456 e. The SMILES string of the molecule is CCCCNc1nc(CCl)c(C(=O)OC(C)(C)C)s1. The maximum absolute atomic E-state index is 12.0. The van der Waals surface area contributed by atoms with Crippen LogP contribution in [-0.2, 0) is 10.6 Å². The minimum Gasteiger partial charge on any atom is -0.456 e. The van der Waals surface area contributed by atoms with Crippen molar-refractivity contribution in [2.45, 2.75) is 52.0 Å². The van der Waals surface area contributed by atoms with Crippen molar-refractivity contribution < 1.29 is 9.53 Å². The van der Waals surface area contributed by atoms with Crippen LogP contribution in [0.5, 0.6) is 0 Å². The summed E-state index contributed by atoms with van der Waals surface area (Å²) in [4.78, 5) is 16.9. The number of nitrogens with one attached hydrogen (secondary N) is 1. The van der Waals surface area contributed by atoms with Gasteiger partial charge in [0.05, 0.1) is 11.6 Å². The Balaban J connectivity index is 2.79. The molecule has 1 N–H and O–H groups in total. The number of thiazole rings is 1.